The number of rotatable bonds is 8. The second-order valence-electron chi connectivity index (χ2n) is 9.02. The Labute approximate surface area is 214 Å². The number of carbonyl (C=O) groups excluding carboxylic acids is 1. The van der Waals surface area contributed by atoms with Crippen molar-refractivity contribution in [3.8, 4) is 12.3 Å². The van der Waals surface area contributed by atoms with Gasteiger partial charge in [0.1, 0.15) is 0 Å². The lowest BCUT2D eigenvalue weighted by atomic mass is 9.96. The van der Waals surface area contributed by atoms with Crippen molar-refractivity contribution in [2.45, 2.75) is 25.7 Å². The molecule has 0 radical (unpaired) electrons. The van der Waals surface area contributed by atoms with Crippen LogP contribution in [0, 0.1) is 12.3 Å². The highest BCUT2D eigenvalue weighted by atomic mass is 31.2. The van der Waals surface area contributed by atoms with Crippen LogP contribution < -0.4 is 15.9 Å². The Kier molecular flexibility index (Phi) is 7.18. The Morgan fingerprint density at radius 2 is 1.25 bits per heavy atom. The van der Waals surface area contributed by atoms with Crippen LogP contribution in [0.25, 0.3) is 5.57 Å². The molecule has 0 fully saturated rings. The molecule has 0 unspecified atom stereocenters. The van der Waals surface area contributed by atoms with Crippen molar-refractivity contribution < 1.29 is 4.79 Å². The summed E-state index contributed by atoms with van der Waals surface area (Å²) in [5.74, 6) is 2.86. The Morgan fingerprint density at radius 1 is 0.694 bits per heavy atom. The molecule has 1 aliphatic rings. The summed E-state index contributed by atoms with van der Waals surface area (Å²) in [7, 11) is 0. The summed E-state index contributed by atoms with van der Waals surface area (Å²) in [6.45, 7) is -2.44. The summed E-state index contributed by atoms with van der Waals surface area (Å²) in [6.07, 6.45) is 11.4. The molecule has 0 bridgehead atoms. The van der Waals surface area contributed by atoms with Gasteiger partial charge in [0.2, 0.25) is 0 Å². The maximum absolute atomic E-state index is 14.4. The number of carbonyl (C=O) groups is 1. The maximum Gasteiger partial charge on any atom is 0.194 e. The van der Waals surface area contributed by atoms with E-state index in [-0.39, 0.29) is 5.78 Å². The van der Waals surface area contributed by atoms with E-state index in [0.717, 1.165) is 36.5 Å². The largest absolute Gasteiger partial charge is 0.289 e. The van der Waals surface area contributed by atoms with E-state index in [4.69, 9.17) is 6.42 Å². The van der Waals surface area contributed by atoms with E-state index in [1.54, 1.807) is 0 Å². The standard InChI is InChI=1S/C34H29OP/c1-2-3-4-8-19-28-26-33(34(35)27-17-9-5-10-18-27)36(29-20-11-6-12-21-29,30-22-13-7-14-23-30)32-25-16-15-24-31(28)32/h1,5-7,9-18,20-26H,3-4,8,19H2. The van der Waals surface area contributed by atoms with E-state index in [9.17, 15) is 4.79 Å². The highest BCUT2D eigenvalue weighted by Gasteiger charge is 2.37. The van der Waals surface area contributed by atoms with Crippen LogP contribution in [0.15, 0.2) is 121 Å². The van der Waals surface area contributed by atoms with E-state index in [1.165, 1.54) is 27.1 Å². The quantitative estimate of drug-likeness (QED) is 0.119. The molecule has 176 valence electrons. The van der Waals surface area contributed by atoms with Gasteiger partial charge >= 0.3 is 0 Å². The first-order valence-electron chi connectivity index (χ1n) is 12.5. The molecule has 0 amide bonds. The molecule has 1 nitrogen and oxygen atoms in total. The summed E-state index contributed by atoms with van der Waals surface area (Å²) >= 11 is 0. The summed E-state index contributed by atoms with van der Waals surface area (Å²) < 4.78 is 0. The third kappa shape index (κ3) is 4.30. The monoisotopic (exact) mass is 484 g/mol. The predicted octanol–water partition coefficient (Wildman–Crippen LogP) is 6.63. The number of benzene rings is 4. The van der Waals surface area contributed by atoms with Crippen LogP contribution in [0.3, 0.4) is 0 Å². The van der Waals surface area contributed by atoms with Gasteiger partial charge in [-0.25, -0.2) is 0 Å². The minimum absolute atomic E-state index is 0.104. The second-order valence-corrected chi connectivity index (χ2v) is 12.4. The first kappa shape index (κ1) is 23.9. The van der Waals surface area contributed by atoms with Gasteiger partial charge in [0, 0.05) is 17.3 Å². The molecule has 2 heteroatoms. The summed E-state index contributed by atoms with van der Waals surface area (Å²) in [5.41, 5.74) is 3.21. The lowest BCUT2D eigenvalue weighted by Gasteiger charge is -2.36. The Bertz CT molecular complexity index is 1450. The van der Waals surface area contributed by atoms with Crippen molar-refractivity contribution in [1.29, 1.82) is 0 Å². The minimum Gasteiger partial charge on any atom is -0.289 e. The van der Waals surface area contributed by atoms with E-state index in [0.29, 0.717) is 0 Å². The van der Waals surface area contributed by atoms with Gasteiger partial charge in [0.05, 0.1) is 0 Å². The molecule has 0 N–H and O–H groups in total. The fourth-order valence-electron chi connectivity index (χ4n) is 5.22. The smallest absolute Gasteiger partial charge is 0.194 e. The molecule has 4 aromatic carbocycles. The Hall–Kier alpha value is -3.85. The fraction of sp³-hybridized carbons (Fsp3) is 0.118. The zero-order chi connectivity index (χ0) is 24.8. The van der Waals surface area contributed by atoms with Crippen molar-refractivity contribution >= 4 is 39.4 Å². The number of hydrogen-bond acceptors (Lipinski definition) is 1. The van der Waals surface area contributed by atoms with E-state index < -0.39 is 6.89 Å². The molecule has 0 atom stereocenters. The second kappa shape index (κ2) is 10.8. The minimum atomic E-state index is -2.44. The van der Waals surface area contributed by atoms with Gasteiger partial charge in [-0.05, 0) is 59.3 Å². The van der Waals surface area contributed by atoms with Crippen molar-refractivity contribution in [2.24, 2.45) is 0 Å². The lowest BCUT2D eigenvalue weighted by molar-refractivity contribution is 0.106. The average molecular weight is 485 g/mol. The van der Waals surface area contributed by atoms with Crippen LogP contribution in [0.1, 0.15) is 41.6 Å². The van der Waals surface area contributed by atoms with Gasteiger partial charge in [0.25, 0.3) is 0 Å². The lowest BCUT2D eigenvalue weighted by Crippen LogP contribution is -2.36. The van der Waals surface area contributed by atoms with Gasteiger partial charge in [-0.3, -0.25) is 4.79 Å². The van der Waals surface area contributed by atoms with Crippen LogP contribution in [-0.4, -0.2) is 11.1 Å². The van der Waals surface area contributed by atoms with Crippen molar-refractivity contribution in [1.82, 2.24) is 0 Å². The number of terminal acetylenes is 1. The molecule has 0 aromatic heterocycles. The summed E-state index contributed by atoms with van der Waals surface area (Å²) in [6, 6.07) is 39.7. The highest BCUT2D eigenvalue weighted by molar-refractivity contribution is 7.97. The number of fused-ring (bicyclic) bond motifs is 1. The zero-order valence-corrected chi connectivity index (χ0v) is 21.2. The van der Waals surface area contributed by atoms with Crippen molar-refractivity contribution in [2.75, 3.05) is 0 Å². The van der Waals surface area contributed by atoms with Crippen LogP contribution in [0.2, 0.25) is 0 Å². The van der Waals surface area contributed by atoms with Gasteiger partial charge in [-0.15, -0.1) is 12.3 Å². The number of unbranched alkanes of at least 4 members (excludes halogenated alkanes) is 2. The Balaban J connectivity index is 1.89. The number of allylic oxidation sites excluding steroid dienone is 2. The molecule has 0 saturated heterocycles. The summed E-state index contributed by atoms with van der Waals surface area (Å²) in [4.78, 5) is 14.4. The van der Waals surface area contributed by atoms with Crippen molar-refractivity contribution in [3.63, 3.8) is 0 Å². The number of hydrogen-bond donors (Lipinski definition) is 0. The van der Waals surface area contributed by atoms with Crippen LogP contribution in [0.4, 0.5) is 0 Å². The third-order valence-corrected chi connectivity index (χ3v) is 11.2. The van der Waals surface area contributed by atoms with Crippen molar-refractivity contribution in [3.05, 3.63) is 132 Å². The van der Waals surface area contributed by atoms with Gasteiger partial charge in [0.15, 0.2) is 5.78 Å². The van der Waals surface area contributed by atoms with E-state index in [2.05, 4.69) is 84.8 Å². The average Bonchev–Trinajstić information content (AvgIpc) is 2.96. The maximum atomic E-state index is 14.4. The normalized spacial score (nSPS) is 13.9. The molecular formula is C34H29OP. The molecule has 4 aromatic rings. The highest BCUT2D eigenvalue weighted by Crippen LogP contribution is 2.51. The van der Waals surface area contributed by atoms with Gasteiger partial charge in [-0.1, -0.05) is 115 Å². The molecular weight excluding hydrogens is 455 g/mol. The predicted molar refractivity (Wildman–Crippen MR) is 156 cm³/mol. The van der Waals surface area contributed by atoms with Gasteiger partial charge in [-0.2, -0.15) is 0 Å². The first-order valence-corrected chi connectivity index (χ1v) is 14.3. The number of Topliss-reactive ketones (excluding diaryl/α,β-unsaturated/α-hetero) is 1. The first-order chi connectivity index (χ1) is 17.8. The fourth-order valence-corrected chi connectivity index (χ4v) is 9.80. The van der Waals surface area contributed by atoms with Gasteiger partial charge < -0.3 is 0 Å². The van der Waals surface area contributed by atoms with Crippen LogP contribution >= 0.6 is 6.89 Å². The summed E-state index contributed by atoms with van der Waals surface area (Å²) in [5, 5.41) is 4.56. The molecule has 0 spiro atoms. The molecule has 0 aliphatic carbocycles. The third-order valence-electron chi connectivity index (χ3n) is 6.86. The number of ketones is 1. The van der Waals surface area contributed by atoms with E-state index >= 15 is 0 Å². The van der Waals surface area contributed by atoms with Crippen LogP contribution in [-0.2, 0) is 0 Å². The molecule has 1 heterocycles. The van der Waals surface area contributed by atoms with Crippen LogP contribution in [0.5, 0.6) is 0 Å². The Morgan fingerprint density at radius 3 is 1.86 bits per heavy atom. The zero-order valence-electron chi connectivity index (χ0n) is 20.3. The SMILES string of the molecule is C#CCCCCC1=CC(C(=O)c2ccccc2)=P(c2ccccc2)(c2ccccc2)c2ccccc21. The molecule has 5 rings (SSSR count). The molecule has 36 heavy (non-hydrogen) atoms. The topological polar surface area (TPSA) is 17.1 Å². The molecule has 0 saturated carbocycles. The van der Waals surface area contributed by atoms with E-state index in [1.807, 2.05) is 42.5 Å². The molecule has 1 aliphatic heterocycles.